The molecule has 1 aromatic carbocycles. The molecule has 0 bridgehead atoms. The van der Waals surface area contributed by atoms with Gasteiger partial charge < -0.3 is 9.84 Å². The van der Waals surface area contributed by atoms with E-state index in [1.54, 1.807) is 13.8 Å². The second kappa shape index (κ2) is 9.09. The zero-order valence-electron chi connectivity index (χ0n) is 17.2. The van der Waals surface area contributed by atoms with E-state index < -0.39 is 10.0 Å². The van der Waals surface area contributed by atoms with Gasteiger partial charge in [0.2, 0.25) is 15.9 Å². The molecule has 0 spiro atoms. The monoisotopic (exact) mass is 419 g/mol. The number of carbonyl (C=O) groups is 1. The summed E-state index contributed by atoms with van der Waals surface area (Å²) in [6.07, 6.45) is 1.91. The summed E-state index contributed by atoms with van der Waals surface area (Å²) < 4.78 is 32.7. The van der Waals surface area contributed by atoms with Crippen molar-refractivity contribution in [1.29, 1.82) is 0 Å². The molecule has 158 valence electrons. The molecular weight excluding hydrogens is 390 g/mol. The first-order valence-corrected chi connectivity index (χ1v) is 11.5. The lowest BCUT2D eigenvalue weighted by Crippen LogP contribution is -2.45. The summed E-state index contributed by atoms with van der Waals surface area (Å²) in [7, 11) is -3.64. The summed E-state index contributed by atoms with van der Waals surface area (Å²) in [6, 6.07) is 9.80. The highest BCUT2D eigenvalue weighted by atomic mass is 32.2. The van der Waals surface area contributed by atoms with Gasteiger partial charge in [0, 0.05) is 26.1 Å². The molecule has 0 radical (unpaired) electrons. The van der Waals surface area contributed by atoms with Crippen LogP contribution in [0.4, 0.5) is 0 Å². The van der Waals surface area contributed by atoms with Crippen LogP contribution in [0.2, 0.25) is 0 Å². The minimum atomic E-state index is -3.64. The van der Waals surface area contributed by atoms with Crippen LogP contribution < -0.4 is 5.32 Å². The first kappa shape index (κ1) is 21.5. The van der Waals surface area contributed by atoms with Crippen molar-refractivity contribution in [3.8, 4) is 0 Å². The van der Waals surface area contributed by atoms with Gasteiger partial charge in [0.15, 0.2) is 5.76 Å². The summed E-state index contributed by atoms with van der Waals surface area (Å²) in [5, 5.41) is 6.76. The van der Waals surface area contributed by atoms with E-state index >= 15 is 0 Å². The first-order chi connectivity index (χ1) is 13.8. The minimum Gasteiger partial charge on any atom is -0.360 e. The van der Waals surface area contributed by atoms with E-state index in [-0.39, 0.29) is 22.6 Å². The molecule has 1 aromatic heterocycles. The molecule has 2 aromatic rings. The van der Waals surface area contributed by atoms with Gasteiger partial charge in [0.1, 0.15) is 10.6 Å². The molecule has 2 heterocycles. The van der Waals surface area contributed by atoms with Crippen LogP contribution in [0.15, 0.2) is 39.8 Å². The van der Waals surface area contributed by atoms with Crippen molar-refractivity contribution in [1.82, 2.24) is 14.8 Å². The average Bonchev–Trinajstić information content (AvgIpc) is 3.06. The Morgan fingerprint density at radius 3 is 2.59 bits per heavy atom. The Morgan fingerprint density at radius 1 is 1.24 bits per heavy atom. The van der Waals surface area contributed by atoms with Gasteiger partial charge in [-0.25, -0.2) is 8.42 Å². The van der Waals surface area contributed by atoms with Crippen molar-refractivity contribution in [2.45, 2.75) is 51.5 Å². The minimum absolute atomic E-state index is 0.0133. The molecule has 1 fully saturated rings. The van der Waals surface area contributed by atoms with Crippen molar-refractivity contribution in [3.05, 3.63) is 47.3 Å². The fourth-order valence-electron chi connectivity index (χ4n) is 4.08. The van der Waals surface area contributed by atoms with Gasteiger partial charge in [-0.2, -0.15) is 4.31 Å². The Labute approximate surface area is 172 Å². The normalized spacial score (nSPS) is 20.5. The van der Waals surface area contributed by atoms with E-state index in [1.807, 2.05) is 37.3 Å². The predicted octanol–water partition coefficient (Wildman–Crippen LogP) is 3.03. The standard InChI is InChI=1S/C21H29N3O4S/c1-4-18-14-24(29(26,27)21-15(2)23-28-16(21)3)11-10-19(18)12-20(25)22-13-17-8-6-5-7-9-17/h5-9,18-19H,4,10-14H2,1-3H3,(H,22,25)/t18-,19-/m0/s1. The van der Waals surface area contributed by atoms with Crippen LogP contribution in [0.1, 0.15) is 43.2 Å². The fraction of sp³-hybridized carbons (Fsp3) is 0.524. The molecular formula is C21H29N3O4S. The number of carbonyl (C=O) groups excluding carboxylic acids is 1. The van der Waals surface area contributed by atoms with Crippen molar-refractivity contribution < 1.29 is 17.7 Å². The molecule has 8 heteroatoms. The zero-order valence-corrected chi connectivity index (χ0v) is 18.0. The number of sulfonamides is 1. The Morgan fingerprint density at radius 2 is 1.97 bits per heavy atom. The number of hydrogen-bond acceptors (Lipinski definition) is 5. The lowest BCUT2D eigenvalue weighted by Gasteiger charge is -2.37. The second-order valence-corrected chi connectivity index (χ2v) is 9.57. The van der Waals surface area contributed by atoms with Crippen LogP contribution >= 0.6 is 0 Å². The molecule has 1 amide bonds. The van der Waals surface area contributed by atoms with Crippen molar-refractivity contribution in [2.24, 2.45) is 11.8 Å². The summed E-state index contributed by atoms with van der Waals surface area (Å²) >= 11 is 0. The number of hydrogen-bond donors (Lipinski definition) is 1. The van der Waals surface area contributed by atoms with Crippen molar-refractivity contribution in [2.75, 3.05) is 13.1 Å². The first-order valence-electron chi connectivity index (χ1n) is 10.1. The maximum Gasteiger partial charge on any atom is 0.248 e. The maximum absolute atomic E-state index is 13.1. The lowest BCUT2D eigenvalue weighted by molar-refractivity contribution is -0.122. The molecule has 1 N–H and O–H groups in total. The van der Waals surface area contributed by atoms with E-state index in [9.17, 15) is 13.2 Å². The number of nitrogens with zero attached hydrogens (tertiary/aromatic N) is 2. The van der Waals surface area contributed by atoms with Crippen LogP contribution in [0.25, 0.3) is 0 Å². The highest BCUT2D eigenvalue weighted by Gasteiger charge is 2.38. The van der Waals surface area contributed by atoms with Gasteiger partial charge in [-0.3, -0.25) is 4.79 Å². The van der Waals surface area contributed by atoms with E-state index in [0.717, 1.165) is 12.0 Å². The molecule has 1 aliphatic rings. The third kappa shape index (κ3) is 4.87. The van der Waals surface area contributed by atoms with Crippen LogP contribution in [0.5, 0.6) is 0 Å². The van der Waals surface area contributed by atoms with Gasteiger partial charge in [-0.05, 0) is 37.7 Å². The number of aryl methyl sites for hydroxylation is 2. The van der Waals surface area contributed by atoms with E-state index in [1.165, 1.54) is 4.31 Å². The SMILES string of the molecule is CC[C@H]1CN(S(=O)(=O)c2c(C)noc2C)CC[C@H]1CC(=O)NCc1ccccc1. The molecule has 29 heavy (non-hydrogen) atoms. The van der Waals surface area contributed by atoms with Crippen LogP contribution in [-0.4, -0.2) is 36.9 Å². The van der Waals surface area contributed by atoms with Gasteiger partial charge in [0.05, 0.1) is 0 Å². The summed E-state index contributed by atoms with van der Waals surface area (Å²) in [4.78, 5) is 12.6. The molecule has 1 saturated heterocycles. The van der Waals surface area contributed by atoms with Gasteiger partial charge >= 0.3 is 0 Å². The summed E-state index contributed by atoms with van der Waals surface area (Å²) in [5.74, 6) is 0.644. The van der Waals surface area contributed by atoms with Crippen molar-refractivity contribution in [3.63, 3.8) is 0 Å². The van der Waals surface area contributed by atoms with E-state index in [4.69, 9.17) is 4.52 Å². The van der Waals surface area contributed by atoms with Crippen LogP contribution in [-0.2, 0) is 21.4 Å². The molecule has 2 atom stereocenters. The van der Waals surface area contributed by atoms with Crippen LogP contribution in [0.3, 0.4) is 0 Å². The number of nitrogens with one attached hydrogen (secondary N) is 1. The smallest absolute Gasteiger partial charge is 0.248 e. The highest BCUT2D eigenvalue weighted by Crippen LogP contribution is 2.33. The van der Waals surface area contributed by atoms with Crippen molar-refractivity contribution >= 4 is 15.9 Å². The molecule has 3 rings (SSSR count). The molecule has 1 aliphatic heterocycles. The van der Waals surface area contributed by atoms with E-state index in [2.05, 4.69) is 10.5 Å². The molecule has 7 nitrogen and oxygen atoms in total. The van der Waals surface area contributed by atoms with E-state index in [0.29, 0.717) is 43.9 Å². The molecule has 0 aliphatic carbocycles. The Balaban J connectivity index is 1.61. The topological polar surface area (TPSA) is 92.5 Å². The number of piperidine rings is 1. The fourth-order valence-corrected chi connectivity index (χ4v) is 5.88. The third-order valence-electron chi connectivity index (χ3n) is 5.72. The largest absolute Gasteiger partial charge is 0.360 e. The number of amides is 1. The number of benzene rings is 1. The maximum atomic E-state index is 13.1. The van der Waals surface area contributed by atoms with Gasteiger partial charge in [0.25, 0.3) is 0 Å². The average molecular weight is 420 g/mol. The summed E-state index contributed by atoms with van der Waals surface area (Å²) in [5.41, 5.74) is 1.45. The van der Waals surface area contributed by atoms with Gasteiger partial charge in [-0.1, -0.05) is 48.8 Å². The predicted molar refractivity (Wildman–Crippen MR) is 110 cm³/mol. The van der Waals surface area contributed by atoms with Gasteiger partial charge in [-0.15, -0.1) is 0 Å². The zero-order chi connectivity index (χ0) is 21.0. The Kier molecular flexibility index (Phi) is 6.74. The third-order valence-corrected chi connectivity index (χ3v) is 7.83. The summed E-state index contributed by atoms with van der Waals surface area (Å²) in [6.45, 7) is 6.64. The molecule has 0 saturated carbocycles. The second-order valence-electron chi connectivity index (χ2n) is 7.70. The number of rotatable bonds is 7. The quantitative estimate of drug-likeness (QED) is 0.745. The Hall–Kier alpha value is -2.19. The van der Waals surface area contributed by atoms with Crippen LogP contribution in [0, 0.1) is 25.7 Å². The number of aromatic nitrogens is 1. The lowest BCUT2D eigenvalue weighted by atomic mass is 9.82. The Bertz CT molecular complexity index is 921. The highest BCUT2D eigenvalue weighted by molar-refractivity contribution is 7.89. The molecule has 0 unspecified atom stereocenters.